The van der Waals surface area contributed by atoms with Gasteiger partial charge in [0.25, 0.3) is 0 Å². The van der Waals surface area contributed by atoms with Gasteiger partial charge in [0.05, 0.1) is 11.2 Å². The van der Waals surface area contributed by atoms with Crippen molar-refractivity contribution in [2.24, 2.45) is 0 Å². The number of pyridine rings is 1. The molecule has 0 spiro atoms. The van der Waals surface area contributed by atoms with Crippen molar-refractivity contribution in [2.45, 2.75) is 0 Å². The number of aromatic nitrogens is 4. The highest BCUT2D eigenvalue weighted by Gasteiger charge is 2.16. The maximum Gasteiger partial charge on any atom is 0.164 e. The molecule has 4 nitrogen and oxygen atoms in total. The molecule has 2 heterocycles. The van der Waals surface area contributed by atoms with Crippen molar-refractivity contribution in [3.05, 3.63) is 231 Å². The standard InChI is InChI=1S/C58H38N4/c1-4-14-39(15-5-1)41-28-34-46(35-29-41)56-60-57(47-36-30-42(31-37-47)40-16-6-2-7-17-40)62-58(61-56)49-21-12-20-48(38-49)43-26-32-44(33-27-43)50-23-13-24-52-54(50)51-22-10-11-25-53(51)59-55(52)45-18-8-3-9-19-45/h1-38H. The molecule has 0 saturated carbocycles. The number of fused-ring (bicyclic) bond motifs is 3. The fourth-order valence-corrected chi connectivity index (χ4v) is 8.39. The van der Waals surface area contributed by atoms with Crippen LogP contribution in [-0.4, -0.2) is 19.9 Å². The lowest BCUT2D eigenvalue weighted by molar-refractivity contribution is 1.07. The van der Waals surface area contributed by atoms with Crippen LogP contribution in [0.1, 0.15) is 0 Å². The van der Waals surface area contributed by atoms with Gasteiger partial charge in [0.2, 0.25) is 0 Å². The van der Waals surface area contributed by atoms with Crippen LogP contribution >= 0.6 is 0 Å². The summed E-state index contributed by atoms with van der Waals surface area (Å²) in [6.45, 7) is 0. The van der Waals surface area contributed by atoms with Crippen LogP contribution in [0.15, 0.2) is 231 Å². The second kappa shape index (κ2) is 16.0. The smallest absolute Gasteiger partial charge is 0.164 e. The van der Waals surface area contributed by atoms with E-state index in [1.54, 1.807) is 0 Å². The average molecular weight is 791 g/mol. The summed E-state index contributed by atoms with van der Waals surface area (Å²) < 4.78 is 0. The van der Waals surface area contributed by atoms with Gasteiger partial charge in [-0.15, -0.1) is 0 Å². The van der Waals surface area contributed by atoms with Crippen molar-refractivity contribution in [1.29, 1.82) is 0 Å². The maximum atomic E-state index is 5.16. The van der Waals surface area contributed by atoms with E-state index >= 15 is 0 Å². The molecule has 0 bridgehead atoms. The zero-order valence-electron chi connectivity index (χ0n) is 33.7. The molecular formula is C58H38N4. The zero-order valence-corrected chi connectivity index (χ0v) is 33.7. The molecule has 0 saturated heterocycles. The molecule has 0 N–H and O–H groups in total. The largest absolute Gasteiger partial charge is 0.247 e. The van der Waals surface area contributed by atoms with Crippen LogP contribution in [0.5, 0.6) is 0 Å². The normalized spacial score (nSPS) is 11.2. The van der Waals surface area contributed by atoms with Crippen molar-refractivity contribution in [3.8, 4) is 89.9 Å². The SMILES string of the molecule is c1ccc(-c2ccc(-c3nc(-c4ccc(-c5ccccc5)cc4)nc(-c4cccc(-c5ccc(-c6cccc7c(-c8ccccc8)nc8ccccc8c67)cc5)c4)n3)cc2)cc1. The summed E-state index contributed by atoms with van der Waals surface area (Å²) in [7, 11) is 0. The number of rotatable bonds is 8. The lowest BCUT2D eigenvalue weighted by atomic mass is 9.92. The van der Waals surface area contributed by atoms with E-state index in [0.717, 1.165) is 72.1 Å². The first-order valence-electron chi connectivity index (χ1n) is 20.9. The molecule has 0 aliphatic heterocycles. The number of hydrogen-bond donors (Lipinski definition) is 0. The lowest BCUT2D eigenvalue weighted by Gasteiger charge is -2.14. The highest BCUT2D eigenvalue weighted by molar-refractivity contribution is 6.17. The van der Waals surface area contributed by atoms with Gasteiger partial charge >= 0.3 is 0 Å². The third-order valence-corrected chi connectivity index (χ3v) is 11.6. The number of para-hydroxylation sites is 1. The van der Waals surface area contributed by atoms with Crippen molar-refractivity contribution in [1.82, 2.24) is 19.9 Å². The van der Waals surface area contributed by atoms with Crippen LogP contribution in [-0.2, 0) is 0 Å². The van der Waals surface area contributed by atoms with E-state index in [1.165, 1.54) is 22.1 Å². The Labute approximate surface area is 360 Å². The van der Waals surface area contributed by atoms with Gasteiger partial charge in [-0.1, -0.05) is 218 Å². The third kappa shape index (κ3) is 7.10. The second-order valence-corrected chi connectivity index (χ2v) is 15.4. The summed E-state index contributed by atoms with van der Waals surface area (Å²) in [6.07, 6.45) is 0. The average Bonchev–Trinajstić information content (AvgIpc) is 3.37. The minimum absolute atomic E-state index is 0.619. The van der Waals surface area contributed by atoms with Crippen LogP contribution in [0, 0.1) is 0 Å². The van der Waals surface area contributed by atoms with Gasteiger partial charge in [-0.2, -0.15) is 0 Å². The Bertz CT molecular complexity index is 3250. The summed E-state index contributed by atoms with van der Waals surface area (Å²) in [6, 6.07) is 80.6. The Morgan fingerprint density at radius 3 is 1.19 bits per heavy atom. The van der Waals surface area contributed by atoms with Crippen molar-refractivity contribution < 1.29 is 0 Å². The van der Waals surface area contributed by atoms with Gasteiger partial charge in [-0.25, -0.2) is 19.9 Å². The van der Waals surface area contributed by atoms with Gasteiger partial charge in [-0.3, -0.25) is 0 Å². The molecule has 4 heteroatoms. The van der Waals surface area contributed by atoms with E-state index in [2.05, 4.69) is 212 Å². The van der Waals surface area contributed by atoms with Crippen LogP contribution in [0.4, 0.5) is 0 Å². The highest BCUT2D eigenvalue weighted by Crippen LogP contribution is 2.39. The van der Waals surface area contributed by atoms with E-state index in [9.17, 15) is 0 Å². The van der Waals surface area contributed by atoms with Gasteiger partial charge in [0.15, 0.2) is 17.5 Å². The lowest BCUT2D eigenvalue weighted by Crippen LogP contribution is -2.00. The monoisotopic (exact) mass is 790 g/mol. The van der Waals surface area contributed by atoms with Crippen molar-refractivity contribution in [3.63, 3.8) is 0 Å². The molecule has 0 amide bonds. The summed E-state index contributed by atoms with van der Waals surface area (Å²) >= 11 is 0. The Kier molecular flexibility index (Phi) is 9.49. The van der Waals surface area contributed by atoms with E-state index in [-0.39, 0.29) is 0 Å². The Morgan fingerprint density at radius 1 is 0.226 bits per heavy atom. The molecule has 2 aromatic heterocycles. The summed E-state index contributed by atoms with van der Waals surface area (Å²) in [4.78, 5) is 20.4. The molecule has 0 radical (unpaired) electrons. The van der Waals surface area contributed by atoms with E-state index in [0.29, 0.717) is 17.5 Å². The van der Waals surface area contributed by atoms with Crippen LogP contribution in [0.25, 0.3) is 112 Å². The summed E-state index contributed by atoms with van der Waals surface area (Å²) in [5.41, 5.74) is 15.0. The highest BCUT2D eigenvalue weighted by atomic mass is 15.0. The Balaban J connectivity index is 0.969. The fraction of sp³-hybridized carbons (Fsp3) is 0. The van der Waals surface area contributed by atoms with E-state index in [4.69, 9.17) is 19.9 Å². The molecular weight excluding hydrogens is 753 g/mol. The van der Waals surface area contributed by atoms with Gasteiger partial charge < -0.3 is 0 Å². The zero-order chi connectivity index (χ0) is 41.2. The topological polar surface area (TPSA) is 51.6 Å². The van der Waals surface area contributed by atoms with Crippen LogP contribution < -0.4 is 0 Å². The number of hydrogen-bond acceptors (Lipinski definition) is 4. The summed E-state index contributed by atoms with van der Waals surface area (Å²) in [5, 5.41) is 3.49. The maximum absolute atomic E-state index is 5.16. The predicted molar refractivity (Wildman–Crippen MR) is 256 cm³/mol. The van der Waals surface area contributed by atoms with E-state index in [1.807, 2.05) is 18.2 Å². The molecule has 62 heavy (non-hydrogen) atoms. The molecule has 290 valence electrons. The van der Waals surface area contributed by atoms with E-state index < -0.39 is 0 Å². The summed E-state index contributed by atoms with van der Waals surface area (Å²) in [5.74, 6) is 1.87. The quantitative estimate of drug-likeness (QED) is 0.144. The van der Waals surface area contributed by atoms with Crippen molar-refractivity contribution >= 4 is 21.7 Å². The molecule has 11 aromatic rings. The first-order chi connectivity index (χ1) is 30.7. The van der Waals surface area contributed by atoms with Crippen LogP contribution in [0.3, 0.4) is 0 Å². The second-order valence-electron chi connectivity index (χ2n) is 15.4. The molecule has 0 atom stereocenters. The number of nitrogens with zero attached hydrogens (tertiary/aromatic N) is 4. The number of benzene rings is 9. The molecule has 0 aliphatic rings. The first-order valence-corrected chi connectivity index (χ1v) is 20.9. The predicted octanol–water partition coefficient (Wildman–Crippen LogP) is 14.9. The van der Waals surface area contributed by atoms with Gasteiger partial charge in [0.1, 0.15) is 0 Å². The molecule has 11 rings (SSSR count). The molecule has 0 unspecified atom stereocenters. The molecule has 9 aromatic carbocycles. The van der Waals surface area contributed by atoms with Crippen LogP contribution in [0.2, 0.25) is 0 Å². The van der Waals surface area contributed by atoms with Gasteiger partial charge in [-0.05, 0) is 56.6 Å². The fourth-order valence-electron chi connectivity index (χ4n) is 8.39. The molecule has 0 aliphatic carbocycles. The minimum Gasteiger partial charge on any atom is -0.247 e. The van der Waals surface area contributed by atoms with Gasteiger partial charge in [0, 0.05) is 38.4 Å². The van der Waals surface area contributed by atoms with Crippen molar-refractivity contribution in [2.75, 3.05) is 0 Å². The first kappa shape index (κ1) is 36.7. The Morgan fingerprint density at radius 2 is 0.613 bits per heavy atom. The molecule has 0 fully saturated rings. The Hall–Kier alpha value is -8.34. The third-order valence-electron chi connectivity index (χ3n) is 11.6. The minimum atomic E-state index is 0.619.